The second-order valence-electron chi connectivity index (χ2n) is 6.00. The van der Waals surface area contributed by atoms with Crippen molar-refractivity contribution in [3.8, 4) is 0 Å². The molecule has 1 aromatic rings. The van der Waals surface area contributed by atoms with E-state index in [1.54, 1.807) is 36.1 Å². The molecule has 6 heteroatoms. The van der Waals surface area contributed by atoms with Crippen molar-refractivity contribution in [2.24, 2.45) is 0 Å². The smallest absolute Gasteiger partial charge is 0.225 e. The van der Waals surface area contributed by atoms with Crippen molar-refractivity contribution < 1.29 is 14.7 Å². The van der Waals surface area contributed by atoms with Crippen LogP contribution in [0.1, 0.15) is 45.7 Å². The third-order valence-corrected chi connectivity index (χ3v) is 3.69. The summed E-state index contributed by atoms with van der Waals surface area (Å²) in [5, 5.41) is 13.0. The second-order valence-corrected chi connectivity index (χ2v) is 6.43. The quantitative estimate of drug-likeness (QED) is 0.801. The monoisotopic (exact) mass is 340 g/mol. The van der Waals surface area contributed by atoms with Gasteiger partial charge >= 0.3 is 0 Å². The molecule has 0 spiro atoms. The van der Waals surface area contributed by atoms with Gasteiger partial charge in [0.25, 0.3) is 0 Å². The van der Waals surface area contributed by atoms with Crippen LogP contribution in [-0.2, 0) is 9.59 Å². The lowest BCUT2D eigenvalue weighted by Gasteiger charge is -2.30. The Balaban J connectivity index is 2.93. The fourth-order valence-corrected chi connectivity index (χ4v) is 2.50. The first-order valence-electron chi connectivity index (χ1n) is 7.70. The van der Waals surface area contributed by atoms with E-state index in [9.17, 15) is 14.7 Å². The van der Waals surface area contributed by atoms with E-state index in [-0.39, 0.29) is 30.8 Å². The summed E-state index contributed by atoms with van der Waals surface area (Å²) >= 11 is 5.89. The van der Waals surface area contributed by atoms with Gasteiger partial charge in [-0.3, -0.25) is 9.59 Å². The first kappa shape index (κ1) is 19.5. The third-order valence-electron chi connectivity index (χ3n) is 3.43. The Morgan fingerprint density at radius 3 is 2.22 bits per heavy atom. The fourth-order valence-electron chi connectivity index (χ4n) is 2.37. The minimum Gasteiger partial charge on any atom is -0.392 e. The molecule has 2 amide bonds. The van der Waals surface area contributed by atoms with Crippen LogP contribution in [0.3, 0.4) is 0 Å². The van der Waals surface area contributed by atoms with Gasteiger partial charge in [-0.05, 0) is 38.5 Å². The maximum atomic E-state index is 12.6. The van der Waals surface area contributed by atoms with Crippen molar-refractivity contribution in [3.63, 3.8) is 0 Å². The molecule has 0 fully saturated rings. The maximum Gasteiger partial charge on any atom is 0.225 e. The van der Waals surface area contributed by atoms with Gasteiger partial charge in [-0.1, -0.05) is 23.7 Å². The molecular formula is C17H25ClN2O3. The third kappa shape index (κ3) is 6.59. The normalized spacial score (nSPS) is 13.5. The Kier molecular flexibility index (Phi) is 7.52. The average molecular weight is 341 g/mol. The molecule has 2 N–H and O–H groups in total. The first-order chi connectivity index (χ1) is 10.7. The minimum atomic E-state index is -0.601. The fraction of sp³-hybridized carbons (Fsp3) is 0.529. The zero-order valence-electron chi connectivity index (χ0n) is 14.0. The van der Waals surface area contributed by atoms with Crippen LogP contribution in [0, 0.1) is 0 Å². The lowest BCUT2D eigenvalue weighted by atomic mass is 10.0. The van der Waals surface area contributed by atoms with E-state index in [1.807, 2.05) is 13.8 Å². The summed E-state index contributed by atoms with van der Waals surface area (Å²) in [6.07, 6.45) is -0.470. The molecule has 1 aromatic carbocycles. The molecule has 2 atom stereocenters. The Labute approximate surface area is 142 Å². The van der Waals surface area contributed by atoms with Crippen LogP contribution >= 0.6 is 11.6 Å². The molecule has 0 saturated heterocycles. The van der Waals surface area contributed by atoms with E-state index in [0.717, 1.165) is 5.56 Å². The zero-order valence-corrected chi connectivity index (χ0v) is 14.8. The molecule has 2 unspecified atom stereocenters. The van der Waals surface area contributed by atoms with Crippen molar-refractivity contribution in [1.29, 1.82) is 0 Å². The molecule has 0 saturated carbocycles. The number of amides is 2. The van der Waals surface area contributed by atoms with Crippen LogP contribution in [0.5, 0.6) is 0 Å². The number of rotatable bonds is 7. The summed E-state index contributed by atoms with van der Waals surface area (Å²) in [6, 6.07) is 6.60. The van der Waals surface area contributed by atoms with Crippen molar-refractivity contribution in [3.05, 3.63) is 34.9 Å². The van der Waals surface area contributed by atoms with Crippen LogP contribution < -0.4 is 5.32 Å². The highest BCUT2D eigenvalue weighted by molar-refractivity contribution is 6.30. The van der Waals surface area contributed by atoms with Crippen LogP contribution in [0.4, 0.5) is 0 Å². The van der Waals surface area contributed by atoms with Crippen molar-refractivity contribution in [2.45, 2.75) is 52.3 Å². The van der Waals surface area contributed by atoms with Crippen molar-refractivity contribution in [1.82, 2.24) is 10.2 Å². The molecule has 0 aliphatic carbocycles. The number of hydrogen-bond donors (Lipinski definition) is 2. The number of nitrogens with zero attached hydrogens (tertiary/aromatic N) is 1. The van der Waals surface area contributed by atoms with Gasteiger partial charge in [0.2, 0.25) is 11.8 Å². The number of aliphatic hydroxyl groups is 1. The van der Waals surface area contributed by atoms with Crippen molar-refractivity contribution in [2.75, 3.05) is 6.54 Å². The van der Waals surface area contributed by atoms with Crippen LogP contribution in [0.2, 0.25) is 5.02 Å². The molecule has 23 heavy (non-hydrogen) atoms. The molecule has 0 aliphatic heterocycles. The topological polar surface area (TPSA) is 69.6 Å². The lowest BCUT2D eigenvalue weighted by molar-refractivity contribution is -0.135. The van der Waals surface area contributed by atoms with Crippen molar-refractivity contribution >= 4 is 23.4 Å². The Morgan fingerprint density at radius 1 is 1.22 bits per heavy atom. The summed E-state index contributed by atoms with van der Waals surface area (Å²) in [7, 11) is 0. The number of hydrogen-bond acceptors (Lipinski definition) is 3. The molecule has 128 valence electrons. The maximum absolute atomic E-state index is 12.6. The summed E-state index contributed by atoms with van der Waals surface area (Å²) in [4.78, 5) is 25.7. The summed E-state index contributed by atoms with van der Waals surface area (Å²) < 4.78 is 0. The Morgan fingerprint density at radius 2 is 1.78 bits per heavy atom. The second kappa shape index (κ2) is 8.89. The standard InChI is InChI=1S/C17H25ClN2O3/c1-11(2)20(10-12(3)21)17(23)9-16(19-13(4)22)14-5-7-15(18)8-6-14/h5-8,11-12,16,21H,9-10H2,1-4H3,(H,19,22). The predicted molar refractivity (Wildman–Crippen MR) is 91.2 cm³/mol. The van der Waals surface area contributed by atoms with Crippen LogP contribution in [-0.4, -0.2) is 40.5 Å². The molecule has 0 aromatic heterocycles. The largest absolute Gasteiger partial charge is 0.392 e. The molecule has 0 heterocycles. The van der Waals surface area contributed by atoms with Gasteiger partial charge in [0.1, 0.15) is 0 Å². The highest BCUT2D eigenvalue weighted by Crippen LogP contribution is 2.21. The van der Waals surface area contributed by atoms with E-state index in [2.05, 4.69) is 5.32 Å². The molecule has 0 aliphatic rings. The van der Waals surface area contributed by atoms with Gasteiger partial charge in [0.15, 0.2) is 0 Å². The van der Waals surface area contributed by atoms with Crippen LogP contribution in [0.25, 0.3) is 0 Å². The summed E-state index contributed by atoms with van der Waals surface area (Å²) in [6.45, 7) is 7.13. The average Bonchev–Trinajstić information content (AvgIpc) is 2.43. The SMILES string of the molecule is CC(=O)NC(CC(=O)N(CC(C)O)C(C)C)c1ccc(Cl)cc1. The Hall–Kier alpha value is -1.59. The van der Waals surface area contributed by atoms with E-state index in [0.29, 0.717) is 5.02 Å². The number of nitrogens with one attached hydrogen (secondary N) is 1. The summed E-state index contributed by atoms with van der Waals surface area (Å²) in [5.41, 5.74) is 0.818. The van der Waals surface area contributed by atoms with E-state index < -0.39 is 12.1 Å². The predicted octanol–water partition coefficient (Wildman–Crippen LogP) is 2.53. The van der Waals surface area contributed by atoms with Crippen LogP contribution in [0.15, 0.2) is 24.3 Å². The van der Waals surface area contributed by atoms with Gasteiger partial charge in [-0.15, -0.1) is 0 Å². The van der Waals surface area contributed by atoms with Gasteiger partial charge in [-0.2, -0.15) is 0 Å². The Bertz CT molecular complexity index is 529. The molecule has 0 bridgehead atoms. The number of carbonyl (C=O) groups is 2. The molecule has 0 radical (unpaired) electrons. The first-order valence-corrected chi connectivity index (χ1v) is 8.08. The van der Waals surface area contributed by atoms with Gasteiger partial charge in [0, 0.05) is 24.5 Å². The minimum absolute atomic E-state index is 0.0275. The number of carbonyl (C=O) groups excluding carboxylic acids is 2. The van der Waals surface area contributed by atoms with Gasteiger partial charge < -0.3 is 15.3 Å². The molecule has 1 rings (SSSR count). The van der Waals surface area contributed by atoms with E-state index in [1.165, 1.54) is 6.92 Å². The number of benzene rings is 1. The lowest BCUT2D eigenvalue weighted by Crippen LogP contribution is -2.43. The van der Waals surface area contributed by atoms with Gasteiger partial charge in [-0.25, -0.2) is 0 Å². The highest BCUT2D eigenvalue weighted by atomic mass is 35.5. The number of aliphatic hydroxyl groups excluding tert-OH is 1. The number of halogens is 1. The highest BCUT2D eigenvalue weighted by Gasteiger charge is 2.24. The van der Waals surface area contributed by atoms with Gasteiger partial charge in [0.05, 0.1) is 18.6 Å². The molecule has 5 nitrogen and oxygen atoms in total. The molecular weight excluding hydrogens is 316 g/mol. The summed E-state index contributed by atoms with van der Waals surface area (Å²) in [5.74, 6) is -0.320. The van der Waals surface area contributed by atoms with E-state index >= 15 is 0 Å². The van der Waals surface area contributed by atoms with E-state index in [4.69, 9.17) is 11.6 Å². The zero-order chi connectivity index (χ0) is 17.6.